The second-order valence-electron chi connectivity index (χ2n) is 3.90. The van der Waals surface area contributed by atoms with E-state index >= 15 is 0 Å². The molecule has 1 aliphatic rings. The van der Waals surface area contributed by atoms with Gasteiger partial charge in [-0.3, -0.25) is 0 Å². The molecule has 1 N–H and O–H groups in total. The zero-order chi connectivity index (χ0) is 8.27. The van der Waals surface area contributed by atoms with E-state index in [0.29, 0.717) is 11.8 Å². The van der Waals surface area contributed by atoms with E-state index in [2.05, 4.69) is 13.8 Å². The fourth-order valence-electron chi connectivity index (χ4n) is 2.11. The molecular weight excluding hydrogens is 136 g/mol. The number of aliphatic hydroxyl groups is 1. The normalized spacial score (nSPS) is 35.2. The summed E-state index contributed by atoms with van der Waals surface area (Å²) >= 11 is 0. The summed E-state index contributed by atoms with van der Waals surface area (Å²) in [5.74, 6) is 1.30. The minimum atomic E-state index is -0.00120. The maximum Gasteiger partial charge on any atom is 0.0570 e. The van der Waals surface area contributed by atoms with Crippen molar-refractivity contribution in [3.8, 4) is 0 Å². The Bertz CT molecular complexity index is 107. The van der Waals surface area contributed by atoms with Crippen LogP contribution in [-0.4, -0.2) is 11.2 Å². The Morgan fingerprint density at radius 1 is 1.36 bits per heavy atom. The maximum atomic E-state index is 9.67. The van der Waals surface area contributed by atoms with Crippen LogP contribution in [0.25, 0.3) is 0 Å². The highest BCUT2D eigenvalue weighted by Gasteiger charge is 2.26. The summed E-state index contributed by atoms with van der Waals surface area (Å²) in [5.41, 5.74) is 0. The molecule has 0 bridgehead atoms. The van der Waals surface area contributed by atoms with E-state index < -0.39 is 0 Å². The van der Waals surface area contributed by atoms with Gasteiger partial charge in [-0.1, -0.05) is 33.1 Å². The van der Waals surface area contributed by atoms with Crippen molar-refractivity contribution in [2.75, 3.05) is 0 Å². The summed E-state index contributed by atoms with van der Waals surface area (Å²) in [7, 11) is 0. The van der Waals surface area contributed by atoms with Crippen molar-refractivity contribution in [3.63, 3.8) is 0 Å². The minimum Gasteiger partial charge on any atom is -0.393 e. The van der Waals surface area contributed by atoms with Gasteiger partial charge in [-0.05, 0) is 24.7 Å². The van der Waals surface area contributed by atoms with Gasteiger partial charge < -0.3 is 5.11 Å². The van der Waals surface area contributed by atoms with Crippen LogP contribution in [0, 0.1) is 11.8 Å². The first-order valence-electron chi connectivity index (χ1n) is 4.93. The average Bonchev–Trinajstić information content (AvgIpc) is 2.04. The van der Waals surface area contributed by atoms with Crippen LogP contribution in [0.5, 0.6) is 0 Å². The van der Waals surface area contributed by atoms with Crippen LogP contribution < -0.4 is 0 Å². The topological polar surface area (TPSA) is 20.2 Å². The zero-order valence-corrected chi connectivity index (χ0v) is 7.71. The van der Waals surface area contributed by atoms with Crippen LogP contribution in [0.4, 0.5) is 0 Å². The largest absolute Gasteiger partial charge is 0.393 e. The van der Waals surface area contributed by atoms with Crippen molar-refractivity contribution in [1.29, 1.82) is 0 Å². The van der Waals surface area contributed by atoms with E-state index in [9.17, 15) is 5.11 Å². The summed E-state index contributed by atoms with van der Waals surface area (Å²) in [6, 6.07) is 0. The summed E-state index contributed by atoms with van der Waals surface area (Å²) in [5, 5.41) is 9.67. The van der Waals surface area contributed by atoms with Gasteiger partial charge in [0.2, 0.25) is 0 Å². The molecule has 0 amide bonds. The summed E-state index contributed by atoms with van der Waals surface area (Å²) in [6.07, 6.45) is 6.05. The number of aliphatic hydroxyl groups excluding tert-OH is 1. The predicted molar refractivity (Wildman–Crippen MR) is 47.4 cm³/mol. The van der Waals surface area contributed by atoms with Gasteiger partial charge in [0.1, 0.15) is 0 Å². The lowest BCUT2D eigenvalue weighted by Crippen LogP contribution is -2.29. The highest BCUT2D eigenvalue weighted by Crippen LogP contribution is 2.31. The number of hydrogen-bond acceptors (Lipinski definition) is 1. The van der Waals surface area contributed by atoms with Crippen LogP contribution in [0.1, 0.15) is 46.0 Å². The van der Waals surface area contributed by atoms with Crippen molar-refractivity contribution >= 4 is 0 Å². The van der Waals surface area contributed by atoms with Gasteiger partial charge in [0.05, 0.1) is 6.10 Å². The molecule has 11 heavy (non-hydrogen) atoms. The zero-order valence-electron chi connectivity index (χ0n) is 7.71. The van der Waals surface area contributed by atoms with Gasteiger partial charge >= 0.3 is 0 Å². The van der Waals surface area contributed by atoms with Gasteiger partial charge in [0, 0.05) is 0 Å². The smallest absolute Gasteiger partial charge is 0.0570 e. The molecular formula is C10H20O. The Morgan fingerprint density at radius 2 is 2.00 bits per heavy atom. The van der Waals surface area contributed by atoms with Crippen molar-refractivity contribution in [1.82, 2.24) is 0 Å². The van der Waals surface area contributed by atoms with E-state index in [-0.39, 0.29) is 6.10 Å². The molecule has 1 aliphatic carbocycles. The summed E-state index contributed by atoms with van der Waals surface area (Å²) < 4.78 is 0. The van der Waals surface area contributed by atoms with Gasteiger partial charge in [-0.15, -0.1) is 0 Å². The van der Waals surface area contributed by atoms with Crippen LogP contribution in [-0.2, 0) is 0 Å². The van der Waals surface area contributed by atoms with E-state index in [1.54, 1.807) is 0 Å². The van der Waals surface area contributed by atoms with E-state index in [1.807, 2.05) is 0 Å². The van der Waals surface area contributed by atoms with Crippen LogP contribution in [0.3, 0.4) is 0 Å². The molecule has 1 heteroatoms. The summed E-state index contributed by atoms with van der Waals surface area (Å²) in [6.45, 7) is 4.48. The first kappa shape index (κ1) is 9.05. The second kappa shape index (κ2) is 4.10. The fourth-order valence-corrected chi connectivity index (χ4v) is 2.11. The quantitative estimate of drug-likeness (QED) is 0.651. The lowest BCUT2D eigenvalue weighted by molar-refractivity contribution is 0.0402. The van der Waals surface area contributed by atoms with Crippen LogP contribution >= 0.6 is 0 Å². The SMILES string of the molecule is CCC(C)[C@@H]1CCCC[C@H]1O. The third-order valence-electron chi connectivity index (χ3n) is 3.16. The molecule has 1 saturated carbocycles. The van der Waals surface area contributed by atoms with E-state index in [4.69, 9.17) is 0 Å². The Balaban J connectivity index is 2.40. The van der Waals surface area contributed by atoms with E-state index in [1.165, 1.54) is 25.7 Å². The first-order valence-corrected chi connectivity index (χ1v) is 4.93. The molecule has 0 heterocycles. The molecule has 0 aromatic heterocycles. The van der Waals surface area contributed by atoms with Crippen molar-refractivity contribution in [3.05, 3.63) is 0 Å². The molecule has 0 saturated heterocycles. The Hall–Kier alpha value is -0.0400. The number of rotatable bonds is 2. The standard InChI is InChI=1S/C10H20O/c1-3-8(2)9-6-4-5-7-10(9)11/h8-11H,3-7H2,1-2H3/t8?,9-,10+/m0/s1. The average molecular weight is 156 g/mol. The molecule has 0 aliphatic heterocycles. The Morgan fingerprint density at radius 3 is 2.55 bits per heavy atom. The molecule has 66 valence electrons. The Labute approximate surface area is 69.8 Å². The summed E-state index contributed by atoms with van der Waals surface area (Å²) in [4.78, 5) is 0. The monoisotopic (exact) mass is 156 g/mol. The second-order valence-corrected chi connectivity index (χ2v) is 3.90. The predicted octanol–water partition coefficient (Wildman–Crippen LogP) is 2.58. The van der Waals surface area contributed by atoms with Gasteiger partial charge in [-0.25, -0.2) is 0 Å². The van der Waals surface area contributed by atoms with Crippen LogP contribution in [0.15, 0.2) is 0 Å². The third kappa shape index (κ3) is 2.19. The van der Waals surface area contributed by atoms with E-state index in [0.717, 1.165) is 6.42 Å². The maximum absolute atomic E-state index is 9.67. The molecule has 1 fully saturated rings. The highest BCUT2D eigenvalue weighted by molar-refractivity contribution is 4.77. The van der Waals surface area contributed by atoms with Crippen molar-refractivity contribution in [2.45, 2.75) is 52.1 Å². The third-order valence-corrected chi connectivity index (χ3v) is 3.16. The molecule has 0 radical (unpaired) electrons. The molecule has 0 aromatic rings. The number of hydrogen-bond donors (Lipinski definition) is 1. The van der Waals surface area contributed by atoms with Gasteiger partial charge in [0.25, 0.3) is 0 Å². The molecule has 0 spiro atoms. The minimum absolute atomic E-state index is 0.00120. The lowest BCUT2D eigenvalue weighted by Gasteiger charge is -2.31. The highest BCUT2D eigenvalue weighted by atomic mass is 16.3. The molecule has 3 atom stereocenters. The first-order chi connectivity index (χ1) is 5.25. The molecule has 0 aromatic carbocycles. The van der Waals surface area contributed by atoms with Crippen LogP contribution in [0.2, 0.25) is 0 Å². The van der Waals surface area contributed by atoms with Gasteiger partial charge in [0.15, 0.2) is 0 Å². The molecule has 1 nitrogen and oxygen atoms in total. The lowest BCUT2D eigenvalue weighted by atomic mass is 9.78. The fraction of sp³-hybridized carbons (Fsp3) is 1.00. The van der Waals surface area contributed by atoms with Crippen molar-refractivity contribution < 1.29 is 5.11 Å². The molecule has 1 unspecified atom stereocenters. The Kier molecular flexibility index (Phi) is 3.38. The van der Waals surface area contributed by atoms with Gasteiger partial charge in [-0.2, -0.15) is 0 Å². The molecule has 1 rings (SSSR count). The van der Waals surface area contributed by atoms with Crippen molar-refractivity contribution in [2.24, 2.45) is 11.8 Å².